The number of halogens is 5. The van der Waals surface area contributed by atoms with Crippen molar-refractivity contribution in [3.05, 3.63) is 46.6 Å². The molecule has 0 saturated carbocycles. The summed E-state index contributed by atoms with van der Waals surface area (Å²) in [6.45, 7) is 0.444. The maximum absolute atomic E-state index is 14.1. The molecule has 2 aliphatic rings. The third-order valence-corrected chi connectivity index (χ3v) is 9.00. The average Bonchev–Trinajstić information content (AvgIpc) is 3.06. The van der Waals surface area contributed by atoms with E-state index in [4.69, 9.17) is 5.11 Å². The Labute approximate surface area is 248 Å². The molecule has 1 aromatic heterocycles. The van der Waals surface area contributed by atoms with E-state index in [9.17, 15) is 45.8 Å². The van der Waals surface area contributed by atoms with Gasteiger partial charge in [-0.15, -0.1) is 0 Å². The zero-order valence-corrected chi connectivity index (χ0v) is 24.3. The van der Waals surface area contributed by atoms with Crippen LogP contribution in [0.2, 0.25) is 0 Å². The fourth-order valence-electron chi connectivity index (χ4n) is 4.90. The maximum atomic E-state index is 14.1. The molecule has 2 aliphatic heterocycles. The lowest BCUT2D eigenvalue weighted by Crippen LogP contribution is -2.52. The fourth-order valence-corrected chi connectivity index (χ4v) is 6.17. The number of carboxylic acid groups (broad SMARTS) is 1. The van der Waals surface area contributed by atoms with E-state index in [1.54, 1.807) is 0 Å². The standard InChI is InChI=1S/C27H27F5N6O5S/c1-15-19(12-33)21(27(30,31)32)35-22(37-9-4-7-26(28,29)8-10-37)20(15)24(40)34-17-5-3-6-18(11-17)44(2,43)36-23(39)16-13-38(14-16)25(41)42/h3,5-6,11,16H,4,7-10,13-14H2,1-2H3,(H,34,40)(H,41,42). The van der Waals surface area contributed by atoms with Gasteiger partial charge in [0.25, 0.3) is 11.8 Å². The predicted octanol–water partition coefficient (Wildman–Crippen LogP) is 4.75. The van der Waals surface area contributed by atoms with Crippen molar-refractivity contribution in [1.29, 1.82) is 5.26 Å². The van der Waals surface area contributed by atoms with Crippen LogP contribution in [0.5, 0.6) is 0 Å². The van der Waals surface area contributed by atoms with E-state index in [1.807, 2.05) is 0 Å². The second kappa shape index (κ2) is 12.0. The number of likely N-dealkylation sites (tertiary alicyclic amines) is 1. The van der Waals surface area contributed by atoms with E-state index in [1.165, 1.54) is 41.5 Å². The number of aromatic nitrogens is 1. The van der Waals surface area contributed by atoms with E-state index in [2.05, 4.69) is 14.7 Å². The van der Waals surface area contributed by atoms with Crippen molar-refractivity contribution in [2.75, 3.05) is 42.7 Å². The molecule has 0 bridgehead atoms. The molecule has 17 heteroatoms. The van der Waals surface area contributed by atoms with Gasteiger partial charge in [0.15, 0.2) is 5.69 Å². The number of rotatable bonds is 5. The molecular formula is C27H27F5N6O5S. The van der Waals surface area contributed by atoms with Crippen LogP contribution in [0.25, 0.3) is 0 Å². The summed E-state index contributed by atoms with van der Waals surface area (Å²) in [7, 11) is -3.37. The van der Waals surface area contributed by atoms with Crippen LogP contribution in [0.3, 0.4) is 0 Å². The number of amides is 3. The summed E-state index contributed by atoms with van der Waals surface area (Å²) < 4.78 is 86.9. The first kappa shape index (κ1) is 32.6. The van der Waals surface area contributed by atoms with Crippen molar-refractivity contribution < 1.29 is 45.7 Å². The van der Waals surface area contributed by atoms with Gasteiger partial charge in [-0.2, -0.15) is 22.8 Å². The molecule has 2 fully saturated rings. The molecule has 2 saturated heterocycles. The number of nitriles is 1. The van der Waals surface area contributed by atoms with Crippen LogP contribution in [-0.4, -0.2) is 75.5 Å². The minimum absolute atomic E-state index is 0.0107. The fraction of sp³-hybridized carbons (Fsp3) is 0.444. The lowest BCUT2D eigenvalue weighted by atomic mass is 10.00. The topological polar surface area (TPSA) is 156 Å². The highest BCUT2D eigenvalue weighted by Gasteiger charge is 2.41. The number of nitrogens with one attached hydrogen (secondary N) is 1. The number of hydrogen-bond acceptors (Lipinski definition) is 7. The van der Waals surface area contributed by atoms with Crippen molar-refractivity contribution in [2.45, 2.75) is 43.2 Å². The Hall–Kier alpha value is -4.33. The molecule has 1 aromatic carbocycles. The highest BCUT2D eigenvalue weighted by atomic mass is 32.2. The predicted molar refractivity (Wildman–Crippen MR) is 147 cm³/mol. The monoisotopic (exact) mass is 642 g/mol. The van der Waals surface area contributed by atoms with Gasteiger partial charge < -0.3 is 20.2 Å². The number of anilines is 2. The first-order valence-electron chi connectivity index (χ1n) is 13.2. The lowest BCUT2D eigenvalue weighted by Gasteiger charge is -2.34. The number of carbonyl (C=O) groups is 3. The molecule has 3 heterocycles. The Kier molecular flexibility index (Phi) is 8.87. The summed E-state index contributed by atoms with van der Waals surface area (Å²) in [5, 5.41) is 21.0. The summed E-state index contributed by atoms with van der Waals surface area (Å²) in [6.07, 6.45) is -6.36. The number of carbonyl (C=O) groups excluding carboxylic acids is 2. The molecule has 4 rings (SSSR count). The van der Waals surface area contributed by atoms with Crippen molar-refractivity contribution >= 4 is 39.1 Å². The van der Waals surface area contributed by atoms with Gasteiger partial charge in [-0.05, 0) is 37.1 Å². The summed E-state index contributed by atoms with van der Waals surface area (Å²) in [5.74, 6) is -6.07. The Bertz CT molecular complexity index is 1680. The molecule has 44 heavy (non-hydrogen) atoms. The van der Waals surface area contributed by atoms with E-state index < -0.39 is 87.7 Å². The molecular weight excluding hydrogens is 615 g/mol. The summed E-state index contributed by atoms with van der Waals surface area (Å²) in [6, 6.07) is 6.82. The molecule has 2 N–H and O–H groups in total. The minimum atomic E-state index is -5.07. The van der Waals surface area contributed by atoms with Gasteiger partial charge in [0.1, 0.15) is 11.9 Å². The molecule has 0 spiro atoms. The van der Waals surface area contributed by atoms with Crippen LogP contribution in [0, 0.1) is 24.2 Å². The van der Waals surface area contributed by atoms with Gasteiger partial charge in [0.05, 0.1) is 26.8 Å². The van der Waals surface area contributed by atoms with Crippen molar-refractivity contribution in [3.8, 4) is 6.07 Å². The molecule has 0 radical (unpaired) electrons. The number of hydrogen-bond donors (Lipinski definition) is 2. The third kappa shape index (κ3) is 6.90. The van der Waals surface area contributed by atoms with Gasteiger partial charge in [-0.25, -0.2) is 22.8 Å². The summed E-state index contributed by atoms with van der Waals surface area (Å²) >= 11 is 0. The van der Waals surface area contributed by atoms with Crippen molar-refractivity contribution in [1.82, 2.24) is 9.88 Å². The molecule has 0 aliphatic carbocycles. The summed E-state index contributed by atoms with van der Waals surface area (Å²) in [4.78, 5) is 42.8. The zero-order valence-electron chi connectivity index (χ0n) is 23.5. The number of benzene rings is 1. The Morgan fingerprint density at radius 1 is 1.20 bits per heavy atom. The molecule has 11 nitrogen and oxygen atoms in total. The van der Waals surface area contributed by atoms with Gasteiger partial charge in [0.2, 0.25) is 5.92 Å². The quantitative estimate of drug-likeness (QED) is 0.443. The van der Waals surface area contributed by atoms with Gasteiger partial charge in [0, 0.05) is 55.9 Å². The van der Waals surface area contributed by atoms with Gasteiger partial charge in [-0.3, -0.25) is 9.59 Å². The first-order valence-corrected chi connectivity index (χ1v) is 15.2. The van der Waals surface area contributed by atoms with Crippen LogP contribution in [0.15, 0.2) is 33.5 Å². The Morgan fingerprint density at radius 2 is 1.89 bits per heavy atom. The van der Waals surface area contributed by atoms with Crippen LogP contribution in [-0.2, 0) is 20.7 Å². The second-order valence-corrected chi connectivity index (χ2v) is 12.8. The summed E-state index contributed by atoms with van der Waals surface area (Å²) in [5.41, 5.74) is -3.21. The largest absolute Gasteiger partial charge is 0.465 e. The average molecular weight is 643 g/mol. The van der Waals surface area contributed by atoms with E-state index in [-0.39, 0.29) is 42.2 Å². The van der Waals surface area contributed by atoms with Gasteiger partial charge >= 0.3 is 12.3 Å². The molecule has 1 unspecified atom stereocenters. The molecule has 1 atom stereocenters. The third-order valence-electron chi connectivity index (χ3n) is 7.35. The highest BCUT2D eigenvalue weighted by Crippen LogP contribution is 2.38. The van der Waals surface area contributed by atoms with Gasteiger partial charge in [-0.1, -0.05) is 6.07 Å². The first-order chi connectivity index (χ1) is 20.4. The molecule has 3 amide bonds. The molecule has 236 valence electrons. The normalized spacial score (nSPS) is 18.3. The Morgan fingerprint density at radius 3 is 2.50 bits per heavy atom. The van der Waals surface area contributed by atoms with Crippen molar-refractivity contribution in [2.24, 2.45) is 10.3 Å². The lowest BCUT2D eigenvalue weighted by molar-refractivity contribution is -0.141. The van der Waals surface area contributed by atoms with Crippen LogP contribution < -0.4 is 10.2 Å². The smallest absolute Gasteiger partial charge is 0.434 e. The molecule has 2 aromatic rings. The van der Waals surface area contributed by atoms with Crippen LogP contribution in [0.1, 0.15) is 46.4 Å². The maximum Gasteiger partial charge on any atom is 0.434 e. The van der Waals surface area contributed by atoms with Crippen molar-refractivity contribution in [3.63, 3.8) is 0 Å². The minimum Gasteiger partial charge on any atom is -0.465 e. The van der Waals surface area contributed by atoms with E-state index in [0.29, 0.717) is 0 Å². The van der Waals surface area contributed by atoms with E-state index >= 15 is 0 Å². The number of pyridine rings is 1. The highest BCUT2D eigenvalue weighted by molar-refractivity contribution is 7.93. The second-order valence-electron chi connectivity index (χ2n) is 10.6. The van der Waals surface area contributed by atoms with E-state index in [0.717, 1.165) is 11.8 Å². The van der Waals surface area contributed by atoms with Crippen LogP contribution in [0.4, 0.5) is 38.3 Å². The number of alkyl halides is 5. The Balaban J connectivity index is 1.69. The van der Waals surface area contributed by atoms with Crippen LogP contribution >= 0.6 is 0 Å². The zero-order chi connectivity index (χ0) is 32.6. The SMILES string of the molecule is Cc1c(C#N)c(C(F)(F)F)nc(N2CCCC(F)(F)CC2)c1C(=O)Nc1cccc(S(C)(=O)=NC(=O)C2CN(C(=O)O)C2)c1. The number of nitrogens with zero attached hydrogens (tertiary/aromatic N) is 5.